The van der Waals surface area contributed by atoms with Crippen molar-refractivity contribution in [1.82, 2.24) is 5.32 Å². The van der Waals surface area contributed by atoms with Crippen LogP contribution in [-0.2, 0) is 0 Å². The fraction of sp³-hybridized carbons (Fsp3) is 0.625. The molecule has 1 rings (SSSR count). The second-order valence-electron chi connectivity index (χ2n) is 5.56. The molecule has 0 radical (unpaired) electrons. The molecule has 1 atom stereocenters. The van der Waals surface area contributed by atoms with E-state index in [0.29, 0.717) is 17.9 Å². The highest BCUT2D eigenvalue weighted by atomic mass is 16.5. The summed E-state index contributed by atoms with van der Waals surface area (Å²) in [5.74, 6) is 2.18. The van der Waals surface area contributed by atoms with Gasteiger partial charge in [-0.15, -0.1) is 0 Å². The van der Waals surface area contributed by atoms with Gasteiger partial charge in [-0.25, -0.2) is 0 Å². The summed E-state index contributed by atoms with van der Waals surface area (Å²) in [6.45, 7) is 12.7. The Balaban J connectivity index is 2.33. The summed E-state index contributed by atoms with van der Waals surface area (Å²) in [6, 6.07) is 8.91. The van der Waals surface area contributed by atoms with Crippen LogP contribution in [0.25, 0.3) is 0 Å². The smallest absolute Gasteiger partial charge is 0.119 e. The molecule has 102 valence electrons. The van der Waals surface area contributed by atoms with E-state index in [0.717, 1.165) is 18.9 Å². The van der Waals surface area contributed by atoms with Crippen molar-refractivity contribution in [2.24, 2.45) is 5.92 Å². The lowest BCUT2D eigenvalue weighted by Crippen LogP contribution is -2.33. The van der Waals surface area contributed by atoms with Crippen molar-refractivity contribution in [3.05, 3.63) is 29.8 Å². The Morgan fingerprint density at radius 1 is 1.11 bits per heavy atom. The lowest BCUT2D eigenvalue weighted by molar-refractivity contribution is 0.296. The van der Waals surface area contributed by atoms with E-state index in [1.54, 1.807) is 0 Å². The normalized spacial score (nSPS) is 13.1. The molecule has 2 nitrogen and oxygen atoms in total. The van der Waals surface area contributed by atoms with Crippen LogP contribution >= 0.6 is 0 Å². The lowest BCUT2D eigenvalue weighted by atomic mass is 10.0. The first-order valence-corrected chi connectivity index (χ1v) is 6.97. The van der Waals surface area contributed by atoms with Crippen molar-refractivity contribution in [1.29, 1.82) is 0 Å². The lowest BCUT2D eigenvalue weighted by Gasteiger charge is -2.17. The first-order chi connectivity index (χ1) is 8.50. The molecule has 0 aromatic heterocycles. The molecular weight excluding hydrogens is 222 g/mol. The topological polar surface area (TPSA) is 21.3 Å². The molecule has 0 aliphatic carbocycles. The third-order valence-corrected chi connectivity index (χ3v) is 3.36. The monoisotopic (exact) mass is 249 g/mol. The minimum Gasteiger partial charge on any atom is -0.492 e. The Kier molecular flexibility index (Phi) is 6.20. The maximum absolute atomic E-state index is 5.76. The van der Waals surface area contributed by atoms with Crippen LogP contribution in [-0.4, -0.2) is 19.2 Å². The molecule has 0 spiro atoms. The van der Waals surface area contributed by atoms with Crippen molar-refractivity contribution in [2.45, 2.75) is 46.6 Å². The second-order valence-corrected chi connectivity index (χ2v) is 5.56. The van der Waals surface area contributed by atoms with Crippen molar-refractivity contribution >= 4 is 0 Å². The molecule has 1 aromatic rings. The van der Waals surface area contributed by atoms with Crippen LogP contribution in [0.1, 0.15) is 46.1 Å². The minimum absolute atomic E-state index is 0.538. The molecule has 1 N–H and O–H groups in total. The third-order valence-electron chi connectivity index (χ3n) is 3.36. The van der Waals surface area contributed by atoms with E-state index in [4.69, 9.17) is 4.74 Å². The number of ether oxygens (including phenoxy) is 1. The highest BCUT2D eigenvalue weighted by Gasteiger charge is 2.05. The Bertz CT molecular complexity index is 347. The zero-order valence-electron chi connectivity index (χ0n) is 12.4. The largest absolute Gasteiger partial charge is 0.492 e. The third kappa shape index (κ3) is 5.09. The minimum atomic E-state index is 0.538. The van der Waals surface area contributed by atoms with Gasteiger partial charge in [-0.05, 0) is 36.5 Å². The average Bonchev–Trinajstić information content (AvgIpc) is 2.34. The maximum atomic E-state index is 5.76. The standard InChI is InChI=1S/C16H27NO/c1-12(2)14(5)17-9-10-18-16-8-6-7-15(11-16)13(3)4/h6-8,11-14,17H,9-10H2,1-5H3. The molecule has 1 aromatic carbocycles. The fourth-order valence-electron chi connectivity index (χ4n) is 1.65. The number of rotatable bonds is 7. The van der Waals surface area contributed by atoms with Crippen LogP contribution in [0.4, 0.5) is 0 Å². The van der Waals surface area contributed by atoms with Gasteiger partial charge in [0.15, 0.2) is 0 Å². The van der Waals surface area contributed by atoms with Crippen LogP contribution in [0.3, 0.4) is 0 Å². The van der Waals surface area contributed by atoms with Gasteiger partial charge in [0.1, 0.15) is 12.4 Å². The first kappa shape index (κ1) is 15.0. The summed E-state index contributed by atoms with van der Waals surface area (Å²) in [7, 11) is 0. The van der Waals surface area contributed by atoms with E-state index in [9.17, 15) is 0 Å². The molecule has 0 heterocycles. The van der Waals surface area contributed by atoms with E-state index < -0.39 is 0 Å². The van der Waals surface area contributed by atoms with Crippen molar-refractivity contribution in [2.75, 3.05) is 13.2 Å². The van der Waals surface area contributed by atoms with E-state index in [2.05, 4.69) is 58.1 Å². The summed E-state index contributed by atoms with van der Waals surface area (Å²) < 4.78 is 5.76. The van der Waals surface area contributed by atoms with Crippen molar-refractivity contribution < 1.29 is 4.74 Å². The van der Waals surface area contributed by atoms with Gasteiger partial charge in [0.05, 0.1) is 0 Å². The van der Waals surface area contributed by atoms with Crippen LogP contribution < -0.4 is 10.1 Å². The van der Waals surface area contributed by atoms with Gasteiger partial charge < -0.3 is 10.1 Å². The zero-order chi connectivity index (χ0) is 13.5. The van der Waals surface area contributed by atoms with Gasteiger partial charge in [0.2, 0.25) is 0 Å². The van der Waals surface area contributed by atoms with E-state index in [1.807, 2.05) is 6.07 Å². The summed E-state index contributed by atoms with van der Waals surface area (Å²) in [5, 5.41) is 3.46. The second kappa shape index (κ2) is 7.42. The van der Waals surface area contributed by atoms with Crippen molar-refractivity contribution in [3.63, 3.8) is 0 Å². The van der Waals surface area contributed by atoms with Gasteiger partial charge in [-0.1, -0.05) is 39.8 Å². The molecule has 0 saturated heterocycles. The van der Waals surface area contributed by atoms with Crippen LogP contribution in [0.15, 0.2) is 24.3 Å². The Morgan fingerprint density at radius 2 is 1.83 bits per heavy atom. The Hall–Kier alpha value is -1.02. The van der Waals surface area contributed by atoms with Crippen LogP contribution in [0.5, 0.6) is 5.75 Å². The SMILES string of the molecule is CC(C)c1cccc(OCCNC(C)C(C)C)c1. The summed E-state index contributed by atoms with van der Waals surface area (Å²) >= 11 is 0. The number of benzene rings is 1. The van der Waals surface area contributed by atoms with Gasteiger partial charge in [-0.3, -0.25) is 0 Å². The van der Waals surface area contributed by atoms with Gasteiger partial charge in [0, 0.05) is 12.6 Å². The van der Waals surface area contributed by atoms with E-state index in [-0.39, 0.29) is 0 Å². The van der Waals surface area contributed by atoms with Gasteiger partial charge >= 0.3 is 0 Å². The van der Waals surface area contributed by atoms with Crippen LogP contribution in [0.2, 0.25) is 0 Å². The molecule has 0 aliphatic rings. The van der Waals surface area contributed by atoms with E-state index in [1.165, 1.54) is 5.56 Å². The maximum Gasteiger partial charge on any atom is 0.119 e. The van der Waals surface area contributed by atoms with Crippen molar-refractivity contribution in [3.8, 4) is 5.75 Å². The number of nitrogens with one attached hydrogen (secondary N) is 1. The summed E-state index contributed by atoms with van der Waals surface area (Å²) in [4.78, 5) is 0. The highest BCUT2D eigenvalue weighted by Crippen LogP contribution is 2.19. The average molecular weight is 249 g/mol. The molecule has 1 unspecified atom stereocenters. The van der Waals surface area contributed by atoms with Gasteiger partial charge in [-0.2, -0.15) is 0 Å². The number of hydrogen-bond acceptors (Lipinski definition) is 2. The molecule has 0 fully saturated rings. The Morgan fingerprint density at radius 3 is 2.44 bits per heavy atom. The molecule has 0 aliphatic heterocycles. The molecular formula is C16H27NO. The summed E-state index contributed by atoms with van der Waals surface area (Å²) in [5.41, 5.74) is 1.33. The fourth-order valence-corrected chi connectivity index (χ4v) is 1.65. The van der Waals surface area contributed by atoms with Gasteiger partial charge in [0.25, 0.3) is 0 Å². The molecule has 0 saturated carbocycles. The zero-order valence-corrected chi connectivity index (χ0v) is 12.4. The van der Waals surface area contributed by atoms with Crippen LogP contribution in [0, 0.1) is 5.92 Å². The highest BCUT2D eigenvalue weighted by molar-refractivity contribution is 5.30. The summed E-state index contributed by atoms with van der Waals surface area (Å²) in [6.07, 6.45) is 0. The molecule has 2 heteroatoms. The predicted molar refractivity (Wildman–Crippen MR) is 78.3 cm³/mol. The predicted octanol–water partition coefficient (Wildman–Crippen LogP) is 3.82. The quantitative estimate of drug-likeness (QED) is 0.742. The van der Waals surface area contributed by atoms with E-state index >= 15 is 0 Å². The molecule has 0 bridgehead atoms. The Labute approximate surface area is 112 Å². The molecule has 0 amide bonds. The number of hydrogen-bond donors (Lipinski definition) is 1. The first-order valence-electron chi connectivity index (χ1n) is 6.97. The molecule has 18 heavy (non-hydrogen) atoms.